The summed E-state index contributed by atoms with van der Waals surface area (Å²) in [5, 5.41) is 12.0. The van der Waals surface area contributed by atoms with E-state index in [-0.39, 0.29) is 11.4 Å². The molecule has 136 valence electrons. The highest BCUT2D eigenvalue weighted by Gasteiger charge is 2.13. The summed E-state index contributed by atoms with van der Waals surface area (Å²) in [6, 6.07) is 10.0. The van der Waals surface area contributed by atoms with E-state index in [1.807, 2.05) is 30.6 Å². The number of hydrogen-bond acceptors (Lipinski definition) is 3. The Bertz CT molecular complexity index is 845. The van der Waals surface area contributed by atoms with Gasteiger partial charge in [0, 0.05) is 37.3 Å². The number of methoxy groups -OCH3 is 1. The van der Waals surface area contributed by atoms with Crippen molar-refractivity contribution in [2.24, 2.45) is 0 Å². The third-order valence-corrected chi connectivity index (χ3v) is 4.03. The van der Waals surface area contributed by atoms with Crippen LogP contribution in [-0.2, 0) is 9.53 Å². The second kappa shape index (κ2) is 8.97. The van der Waals surface area contributed by atoms with Crippen LogP contribution in [0.1, 0.15) is 23.4 Å². The number of halogens is 1. The van der Waals surface area contributed by atoms with Gasteiger partial charge in [-0.05, 0) is 62.2 Å². The van der Waals surface area contributed by atoms with Crippen LogP contribution in [0, 0.1) is 31.0 Å². The Kier molecular flexibility index (Phi) is 6.70. The average molecular weight is 355 g/mol. The molecular formula is C20H22FN3O2. The summed E-state index contributed by atoms with van der Waals surface area (Å²) < 4.78 is 20.0. The van der Waals surface area contributed by atoms with Gasteiger partial charge in [-0.2, -0.15) is 5.26 Å². The largest absolute Gasteiger partial charge is 0.385 e. The van der Waals surface area contributed by atoms with Crippen molar-refractivity contribution in [2.45, 2.75) is 20.3 Å². The maximum atomic E-state index is 13.2. The summed E-state index contributed by atoms with van der Waals surface area (Å²) in [6.45, 7) is 4.81. The summed E-state index contributed by atoms with van der Waals surface area (Å²) in [7, 11) is 1.60. The fourth-order valence-corrected chi connectivity index (χ4v) is 2.74. The highest BCUT2D eigenvalue weighted by Crippen LogP contribution is 2.23. The lowest BCUT2D eigenvalue weighted by atomic mass is 10.1. The summed E-state index contributed by atoms with van der Waals surface area (Å²) in [6.07, 6.45) is 2.26. The van der Waals surface area contributed by atoms with Crippen molar-refractivity contribution in [3.8, 4) is 11.8 Å². The van der Waals surface area contributed by atoms with E-state index in [1.165, 1.54) is 12.1 Å². The zero-order valence-corrected chi connectivity index (χ0v) is 15.2. The quantitative estimate of drug-likeness (QED) is 0.471. The van der Waals surface area contributed by atoms with Crippen molar-refractivity contribution < 1.29 is 13.9 Å². The van der Waals surface area contributed by atoms with E-state index in [4.69, 9.17) is 4.74 Å². The number of nitrogens with one attached hydrogen (secondary N) is 1. The van der Waals surface area contributed by atoms with E-state index in [0.29, 0.717) is 19.6 Å². The van der Waals surface area contributed by atoms with Gasteiger partial charge in [0.05, 0.1) is 0 Å². The minimum atomic E-state index is -0.407. The van der Waals surface area contributed by atoms with Crippen LogP contribution in [0.4, 0.5) is 4.39 Å². The molecule has 2 aromatic rings. The number of amides is 1. The fourth-order valence-electron chi connectivity index (χ4n) is 2.74. The van der Waals surface area contributed by atoms with E-state index in [0.717, 1.165) is 22.6 Å². The monoisotopic (exact) mass is 355 g/mol. The second-order valence-electron chi connectivity index (χ2n) is 5.91. The zero-order valence-electron chi connectivity index (χ0n) is 15.2. The molecule has 0 atom stereocenters. The van der Waals surface area contributed by atoms with Crippen LogP contribution in [0.25, 0.3) is 11.8 Å². The fraction of sp³-hybridized carbons (Fsp3) is 0.300. The lowest BCUT2D eigenvalue weighted by molar-refractivity contribution is -0.117. The Morgan fingerprint density at radius 1 is 1.35 bits per heavy atom. The van der Waals surface area contributed by atoms with Gasteiger partial charge in [-0.15, -0.1) is 0 Å². The molecule has 0 aliphatic rings. The molecule has 0 radical (unpaired) electrons. The topological polar surface area (TPSA) is 67.0 Å². The van der Waals surface area contributed by atoms with Gasteiger partial charge in [0.1, 0.15) is 17.5 Å². The molecule has 0 aliphatic carbocycles. The van der Waals surface area contributed by atoms with Crippen molar-refractivity contribution in [1.29, 1.82) is 5.26 Å². The van der Waals surface area contributed by atoms with Crippen molar-refractivity contribution in [3.05, 3.63) is 58.7 Å². The van der Waals surface area contributed by atoms with Gasteiger partial charge in [0.15, 0.2) is 0 Å². The third kappa shape index (κ3) is 4.58. The highest BCUT2D eigenvalue weighted by atomic mass is 19.1. The Morgan fingerprint density at radius 3 is 2.65 bits per heavy atom. The SMILES string of the molecule is COCCCNC(=O)C(C#N)=Cc1cc(C)n(-c2ccc(F)cc2)c1C. The summed E-state index contributed by atoms with van der Waals surface area (Å²) in [5.41, 5.74) is 3.44. The summed E-state index contributed by atoms with van der Waals surface area (Å²) in [5.74, 6) is -0.705. The number of nitrogens with zero attached hydrogens (tertiary/aromatic N) is 2. The molecule has 1 heterocycles. The first kappa shape index (κ1) is 19.4. The van der Waals surface area contributed by atoms with Gasteiger partial charge in [0.25, 0.3) is 5.91 Å². The second-order valence-corrected chi connectivity index (χ2v) is 5.91. The predicted molar refractivity (Wildman–Crippen MR) is 98.3 cm³/mol. The number of ether oxygens (including phenoxy) is 1. The van der Waals surface area contributed by atoms with Crippen LogP contribution in [0.15, 0.2) is 35.9 Å². The standard InChI is InChI=1S/C20H22FN3O2/c1-14-11-16(12-17(13-22)20(25)23-9-4-10-26-3)15(2)24(14)19-7-5-18(21)6-8-19/h5-8,11-12H,4,9-10H2,1-3H3,(H,23,25). The van der Waals surface area contributed by atoms with E-state index in [1.54, 1.807) is 25.3 Å². The van der Waals surface area contributed by atoms with Crippen LogP contribution >= 0.6 is 0 Å². The molecule has 2 rings (SSSR count). The third-order valence-electron chi connectivity index (χ3n) is 4.03. The number of aryl methyl sites for hydroxylation is 1. The number of carbonyl (C=O) groups is 1. The molecule has 5 nitrogen and oxygen atoms in total. The number of benzene rings is 1. The Labute approximate surface area is 152 Å². The van der Waals surface area contributed by atoms with E-state index < -0.39 is 5.91 Å². The molecule has 1 aromatic carbocycles. The van der Waals surface area contributed by atoms with Crippen molar-refractivity contribution >= 4 is 12.0 Å². The maximum absolute atomic E-state index is 13.2. The van der Waals surface area contributed by atoms with Crippen molar-refractivity contribution in [2.75, 3.05) is 20.3 Å². The number of hydrogen-bond donors (Lipinski definition) is 1. The molecule has 0 fully saturated rings. The van der Waals surface area contributed by atoms with Gasteiger partial charge in [-0.25, -0.2) is 4.39 Å². The number of rotatable bonds is 7. The van der Waals surface area contributed by atoms with Gasteiger partial charge < -0.3 is 14.6 Å². The van der Waals surface area contributed by atoms with Crippen LogP contribution in [0.5, 0.6) is 0 Å². The normalized spacial score (nSPS) is 11.3. The number of nitriles is 1. The molecule has 0 aliphatic heterocycles. The molecule has 0 bridgehead atoms. The molecule has 1 N–H and O–H groups in total. The maximum Gasteiger partial charge on any atom is 0.261 e. The predicted octanol–water partition coefficient (Wildman–Crippen LogP) is 3.29. The molecule has 1 amide bonds. The van der Waals surface area contributed by atoms with Crippen molar-refractivity contribution in [3.63, 3.8) is 0 Å². The Balaban J connectivity index is 2.26. The minimum Gasteiger partial charge on any atom is -0.385 e. The smallest absolute Gasteiger partial charge is 0.261 e. The molecule has 6 heteroatoms. The van der Waals surface area contributed by atoms with Gasteiger partial charge in [0.2, 0.25) is 0 Å². The van der Waals surface area contributed by atoms with Crippen molar-refractivity contribution in [1.82, 2.24) is 9.88 Å². The van der Waals surface area contributed by atoms with Crippen LogP contribution in [0.3, 0.4) is 0 Å². The van der Waals surface area contributed by atoms with Gasteiger partial charge in [-0.1, -0.05) is 0 Å². The molecule has 0 saturated heterocycles. The first-order valence-corrected chi connectivity index (χ1v) is 8.31. The molecule has 0 unspecified atom stereocenters. The van der Waals surface area contributed by atoms with E-state index in [2.05, 4.69) is 5.32 Å². The van der Waals surface area contributed by atoms with E-state index >= 15 is 0 Å². The minimum absolute atomic E-state index is 0.0433. The molecule has 0 spiro atoms. The van der Waals surface area contributed by atoms with E-state index in [9.17, 15) is 14.4 Å². The molecule has 0 saturated carbocycles. The zero-order chi connectivity index (χ0) is 19.1. The Morgan fingerprint density at radius 2 is 2.04 bits per heavy atom. The summed E-state index contributed by atoms with van der Waals surface area (Å²) in [4.78, 5) is 12.2. The van der Waals surface area contributed by atoms with Gasteiger partial charge in [-0.3, -0.25) is 4.79 Å². The molecule has 26 heavy (non-hydrogen) atoms. The number of carbonyl (C=O) groups excluding carboxylic acids is 1. The Hall–Kier alpha value is -2.91. The molecule has 1 aromatic heterocycles. The molecular weight excluding hydrogens is 333 g/mol. The van der Waals surface area contributed by atoms with Crippen LogP contribution < -0.4 is 5.32 Å². The average Bonchev–Trinajstić information content (AvgIpc) is 2.91. The lowest BCUT2D eigenvalue weighted by Gasteiger charge is -2.09. The first-order valence-electron chi connectivity index (χ1n) is 8.31. The highest BCUT2D eigenvalue weighted by molar-refractivity contribution is 6.01. The lowest BCUT2D eigenvalue weighted by Crippen LogP contribution is -2.26. The van der Waals surface area contributed by atoms with Crippen LogP contribution in [0.2, 0.25) is 0 Å². The van der Waals surface area contributed by atoms with Gasteiger partial charge >= 0.3 is 0 Å². The first-order chi connectivity index (χ1) is 12.5. The number of aromatic nitrogens is 1. The summed E-state index contributed by atoms with van der Waals surface area (Å²) >= 11 is 0. The van der Waals surface area contributed by atoms with Crippen LogP contribution in [-0.4, -0.2) is 30.7 Å².